The standard InChI is InChI=1S/C60H36N2S/c1-3-12-37(13-4-1)55-56(59(43-14-5-2-6-15-43)63-60(55)51-31-28-40-24-23-38-16-9-17-39-27-30-50(51)54(40)53(38)39)45-19-10-18-44(36-45)46-32-33-49(48-22-8-7-21-47(46)48)52-34-29-42-26-25-41-20-11-35-61-57(41)58(42)62-52/h1-36H. The number of hydrogen-bond donors (Lipinski definition) is 0. The highest BCUT2D eigenvalue weighted by molar-refractivity contribution is 7.20. The Kier molecular flexibility index (Phi) is 8.12. The van der Waals surface area contributed by atoms with Crippen molar-refractivity contribution in [3.05, 3.63) is 219 Å². The molecule has 0 spiro atoms. The van der Waals surface area contributed by atoms with E-state index in [1.807, 2.05) is 23.6 Å². The largest absolute Gasteiger partial charge is 0.254 e. The van der Waals surface area contributed by atoms with E-state index in [0.717, 1.165) is 33.1 Å². The van der Waals surface area contributed by atoms with Gasteiger partial charge in [-0.1, -0.05) is 194 Å². The molecule has 0 aliphatic rings. The van der Waals surface area contributed by atoms with Crippen molar-refractivity contribution in [2.75, 3.05) is 0 Å². The van der Waals surface area contributed by atoms with Gasteiger partial charge in [0.2, 0.25) is 0 Å². The summed E-state index contributed by atoms with van der Waals surface area (Å²) < 4.78 is 0. The summed E-state index contributed by atoms with van der Waals surface area (Å²) >= 11 is 1.91. The maximum Gasteiger partial charge on any atom is 0.0972 e. The lowest BCUT2D eigenvalue weighted by Gasteiger charge is -2.16. The van der Waals surface area contributed by atoms with Crippen LogP contribution in [0.4, 0.5) is 0 Å². The Balaban J connectivity index is 1.03. The lowest BCUT2D eigenvalue weighted by Crippen LogP contribution is -1.91. The first kappa shape index (κ1) is 35.7. The molecular formula is C60H36N2S. The molecule has 10 aromatic carbocycles. The predicted octanol–water partition coefficient (Wildman–Crippen LogP) is 16.9. The third kappa shape index (κ3) is 5.71. The molecule has 3 heterocycles. The summed E-state index contributed by atoms with van der Waals surface area (Å²) in [7, 11) is 0. The van der Waals surface area contributed by atoms with Crippen LogP contribution < -0.4 is 0 Å². The van der Waals surface area contributed by atoms with Gasteiger partial charge in [0.15, 0.2) is 0 Å². The molecule has 0 atom stereocenters. The second kappa shape index (κ2) is 14.3. The van der Waals surface area contributed by atoms with E-state index in [1.165, 1.54) is 97.4 Å². The fourth-order valence-electron chi connectivity index (χ4n) is 9.99. The Morgan fingerprint density at radius 2 is 0.873 bits per heavy atom. The SMILES string of the molecule is c1ccc(-c2sc(-c3ccc4ccc5cccc6ccc3c4c56)c(-c3ccccc3)c2-c2cccc(-c3ccc(-c4ccc5ccc6cccnc6c5n4)c4ccccc34)c2)cc1. The maximum absolute atomic E-state index is 5.27. The van der Waals surface area contributed by atoms with Crippen LogP contribution in [0.1, 0.15) is 0 Å². The Labute approximate surface area is 368 Å². The minimum atomic E-state index is 0.923. The van der Waals surface area contributed by atoms with E-state index in [0.29, 0.717) is 0 Å². The first-order chi connectivity index (χ1) is 31.2. The van der Waals surface area contributed by atoms with Crippen molar-refractivity contribution < 1.29 is 0 Å². The van der Waals surface area contributed by atoms with Crippen LogP contribution in [0.25, 0.3) is 130 Å². The molecule has 0 aliphatic heterocycles. The van der Waals surface area contributed by atoms with Crippen molar-refractivity contribution in [3.8, 4) is 65.5 Å². The van der Waals surface area contributed by atoms with Crippen molar-refractivity contribution in [1.29, 1.82) is 0 Å². The van der Waals surface area contributed by atoms with Crippen molar-refractivity contribution in [3.63, 3.8) is 0 Å². The molecule has 0 unspecified atom stereocenters. The monoisotopic (exact) mass is 816 g/mol. The van der Waals surface area contributed by atoms with Crippen LogP contribution in [0.5, 0.6) is 0 Å². The Morgan fingerprint density at radius 1 is 0.317 bits per heavy atom. The number of aromatic nitrogens is 2. The molecular weight excluding hydrogens is 781 g/mol. The van der Waals surface area contributed by atoms with Crippen LogP contribution in [0.15, 0.2) is 219 Å². The van der Waals surface area contributed by atoms with E-state index in [1.54, 1.807) is 0 Å². The molecule has 0 radical (unpaired) electrons. The van der Waals surface area contributed by atoms with Crippen molar-refractivity contribution in [2.45, 2.75) is 0 Å². The van der Waals surface area contributed by atoms with Gasteiger partial charge in [-0.05, 0) is 89.1 Å². The zero-order valence-corrected chi connectivity index (χ0v) is 34.9. The summed E-state index contributed by atoms with van der Waals surface area (Å²) in [6.45, 7) is 0. The number of rotatable bonds is 6. The molecule has 292 valence electrons. The first-order valence-electron chi connectivity index (χ1n) is 21.5. The maximum atomic E-state index is 5.27. The zero-order chi connectivity index (χ0) is 41.4. The smallest absolute Gasteiger partial charge is 0.0972 e. The minimum Gasteiger partial charge on any atom is -0.254 e. The lowest BCUT2D eigenvalue weighted by atomic mass is 9.87. The quantitative estimate of drug-likeness (QED) is 0.156. The topological polar surface area (TPSA) is 25.8 Å². The molecule has 0 bridgehead atoms. The van der Waals surface area contributed by atoms with Crippen LogP contribution in [-0.2, 0) is 0 Å². The van der Waals surface area contributed by atoms with Gasteiger partial charge in [-0.3, -0.25) is 4.98 Å². The van der Waals surface area contributed by atoms with Gasteiger partial charge in [0.1, 0.15) is 0 Å². The van der Waals surface area contributed by atoms with E-state index in [2.05, 4.69) is 206 Å². The summed E-state index contributed by atoms with van der Waals surface area (Å²) in [5, 5.41) is 12.3. The second-order valence-corrected chi connectivity index (χ2v) is 17.4. The number of pyridine rings is 2. The van der Waals surface area contributed by atoms with Crippen LogP contribution in [0, 0.1) is 0 Å². The highest BCUT2D eigenvalue weighted by Crippen LogP contribution is 2.54. The van der Waals surface area contributed by atoms with Crippen molar-refractivity contribution in [1.82, 2.24) is 9.97 Å². The Hall–Kier alpha value is -7.98. The second-order valence-electron chi connectivity index (χ2n) is 16.4. The molecule has 0 N–H and O–H groups in total. The highest BCUT2D eigenvalue weighted by Gasteiger charge is 2.25. The molecule has 0 aliphatic carbocycles. The van der Waals surface area contributed by atoms with Gasteiger partial charge in [-0.2, -0.15) is 0 Å². The van der Waals surface area contributed by atoms with Crippen molar-refractivity contribution >= 4 is 76.2 Å². The summed E-state index contributed by atoms with van der Waals surface area (Å²) in [5.74, 6) is 0. The molecule has 13 aromatic rings. The molecule has 13 rings (SSSR count). The average Bonchev–Trinajstić information content (AvgIpc) is 3.76. The fourth-order valence-corrected chi connectivity index (χ4v) is 11.4. The van der Waals surface area contributed by atoms with Gasteiger partial charge >= 0.3 is 0 Å². The van der Waals surface area contributed by atoms with E-state index in [-0.39, 0.29) is 0 Å². The minimum absolute atomic E-state index is 0.923. The lowest BCUT2D eigenvalue weighted by molar-refractivity contribution is 1.37. The van der Waals surface area contributed by atoms with Gasteiger partial charge in [0.05, 0.1) is 16.7 Å². The van der Waals surface area contributed by atoms with E-state index >= 15 is 0 Å². The zero-order valence-electron chi connectivity index (χ0n) is 34.1. The number of thiophene rings is 1. The summed E-state index contributed by atoms with van der Waals surface area (Å²) in [6.07, 6.45) is 1.85. The van der Waals surface area contributed by atoms with Gasteiger partial charge in [0, 0.05) is 49.0 Å². The van der Waals surface area contributed by atoms with E-state index < -0.39 is 0 Å². The summed E-state index contributed by atoms with van der Waals surface area (Å²) in [5.41, 5.74) is 13.6. The third-order valence-electron chi connectivity index (χ3n) is 12.9. The van der Waals surface area contributed by atoms with Gasteiger partial charge in [-0.15, -0.1) is 11.3 Å². The van der Waals surface area contributed by atoms with E-state index in [9.17, 15) is 0 Å². The molecule has 63 heavy (non-hydrogen) atoms. The number of nitrogens with zero attached hydrogens (tertiary/aromatic N) is 2. The molecule has 2 nitrogen and oxygen atoms in total. The summed E-state index contributed by atoms with van der Waals surface area (Å²) in [6, 6.07) is 77.6. The molecule has 3 aromatic heterocycles. The Morgan fingerprint density at radius 3 is 1.68 bits per heavy atom. The van der Waals surface area contributed by atoms with Gasteiger partial charge in [0.25, 0.3) is 0 Å². The van der Waals surface area contributed by atoms with Gasteiger partial charge in [-0.25, -0.2) is 4.98 Å². The fraction of sp³-hybridized carbons (Fsp3) is 0. The van der Waals surface area contributed by atoms with Crippen molar-refractivity contribution in [2.24, 2.45) is 0 Å². The first-order valence-corrected chi connectivity index (χ1v) is 22.3. The normalized spacial score (nSPS) is 11.8. The number of hydrogen-bond acceptors (Lipinski definition) is 3. The number of benzene rings is 10. The average molecular weight is 817 g/mol. The Bertz CT molecular complexity index is 3890. The van der Waals surface area contributed by atoms with E-state index in [4.69, 9.17) is 9.97 Å². The highest BCUT2D eigenvalue weighted by atomic mass is 32.1. The van der Waals surface area contributed by atoms with Crippen LogP contribution in [0.3, 0.4) is 0 Å². The van der Waals surface area contributed by atoms with Crippen LogP contribution in [0.2, 0.25) is 0 Å². The number of fused-ring (bicyclic) bond motifs is 4. The predicted molar refractivity (Wildman–Crippen MR) is 269 cm³/mol. The molecule has 0 fully saturated rings. The molecule has 0 saturated carbocycles. The third-order valence-corrected chi connectivity index (χ3v) is 14.1. The molecule has 3 heteroatoms. The van der Waals surface area contributed by atoms with Crippen LogP contribution in [-0.4, -0.2) is 9.97 Å². The molecule has 0 amide bonds. The molecule has 0 saturated heterocycles. The van der Waals surface area contributed by atoms with Crippen LogP contribution >= 0.6 is 11.3 Å². The summed E-state index contributed by atoms with van der Waals surface area (Å²) in [4.78, 5) is 12.5. The van der Waals surface area contributed by atoms with Gasteiger partial charge < -0.3 is 0 Å².